The van der Waals surface area contributed by atoms with Crippen molar-refractivity contribution in [2.45, 2.75) is 50.5 Å². The van der Waals surface area contributed by atoms with Crippen molar-refractivity contribution in [1.82, 2.24) is 9.62 Å². The summed E-state index contributed by atoms with van der Waals surface area (Å²) in [6.07, 6.45) is 7.68. The van der Waals surface area contributed by atoms with E-state index in [-0.39, 0.29) is 23.9 Å². The SMILES string of the molecule is Cc1cccc(CN(CC(=O)NCCC2=CCCCC2)S(=O)(=O)c2ccc(Cl)cc2)c1. The molecule has 166 valence electrons. The summed E-state index contributed by atoms with van der Waals surface area (Å²) in [4.78, 5) is 12.7. The molecule has 0 atom stereocenters. The number of hydrogen-bond donors (Lipinski definition) is 1. The van der Waals surface area contributed by atoms with Crippen LogP contribution in [0, 0.1) is 6.92 Å². The minimum Gasteiger partial charge on any atom is -0.355 e. The van der Waals surface area contributed by atoms with Gasteiger partial charge < -0.3 is 5.32 Å². The number of rotatable bonds is 9. The van der Waals surface area contributed by atoms with E-state index in [0.717, 1.165) is 30.4 Å². The molecular formula is C24H29ClN2O3S. The number of amides is 1. The highest BCUT2D eigenvalue weighted by Gasteiger charge is 2.27. The lowest BCUT2D eigenvalue weighted by Crippen LogP contribution is -2.40. The highest BCUT2D eigenvalue weighted by atomic mass is 35.5. The number of hydrogen-bond acceptors (Lipinski definition) is 3. The summed E-state index contributed by atoms with van der Waals surface area (Å²) in [5, 5.41) is 3.34. The van der Waals surface area contributed by atoms with Crippen LogP contribution in [-0.2, 0) is 21.4 Å². The van der Waals surface area contributed by atoms with Gasteiger partial charge in [0, 0.05) is 18.1 Å². The van der Waals surface area contributed by atoms with Crippen LogP contribution in [0.1, 0.15) is 43.2 Å². The van der Waals surface area contributed by atoms with Gasteiger partial charge in [0.25, 0.3) is 0 Å². The van der Waals surface area contributed by atoms with Gasteiger partial charge in [-0.25, -0.2) is 8.42 Å². The van der Waals surface area contributed by atoms with Crippen LogP contribution in [0.3, 0.4) is 0 Å². The molecule has 2 aromatic carbocycles. The molecule has 0 aromatic heterocycles. The molecule has 0 unspecified atom stereocenters. The van der Waals surface area contributed by atoms with E-state index in [1.807, 2.05) is 31.2 Å². The van der Waals surface area contributed by atoms with Crippen molar-refractivity contribution in [2.75, 3.05) is 13.1 Å². The van der Waals surface area contributed by atoms with Crippen LogP contribution in [0.2, 0.25) is 5.02 Å². The Balaban J connectivity index is 1.72. The molecule has 2 aromatic rings. The average molecular weight is 461 g/mol. The second-order valence-corrected chi connectivity index (χ2v) is 10.3. The zero-order valence-corrected chi connectivity index (χ0v) is 19.4. The van der Waals surface area contributed by atoms with Gasteiger partial charge in [-0.15, -0.1) is 0 Å². The van der Waals surface area contributed by atoms with Crippen molar-refractivity contribution in [2.24, 2.45) is 0 Å². The monoisotopic (exact) mass is 460 g/mol. The molecule has 0 spiro atoms. The van der Waals surface area contributed by atoms with Crippen LogP contribution >= 0.6 is 11.6 Å². The Morgan fingerprint density at radius 2 is 1.90 bits per heavy atom. The molecule has 1 N–H and O–H groups in total. The van der Waals surface area contributed by atoms with E-state index in [2.05, 4.69) is 11.4 Å². The van der Waals surface area contributed by atoms with Crippen LogP contribution < -0.4 is 5.32 Å². The van der Waals surface area contributed by atoms with Crippen molar-refractivity contribution in [1.29, 1.82) is 0 Å². The van der Waals surface area contributed by atoms with Gasteiger partial charge in [0.05, 0.1) is 11.4 Å². The number of halogens is 1. The third kappa shape index (κ3) is 6.92. The second-order valence-electron chi connectivity index (χ2n) is 7.92. The molecule has 1 aliphatic carbocycles. The van der Waals surface area contributed by atoms with Crippen molar-refractivity contribution >= 4 is 27.5 Å². The maximum atomic E-state index is 13.3. The highest BCUT2D eigenvalue weighted by Crippen LogP contribution is 2.21. The second kappa shape index (κ2) is 10.9. The summed E-state index contributed by atoms with van der Waals surface area (Å²) >= 11 is 5.92. The average Bonchev–Trinajstić information content (AvgIpc) is 2.74. The summed E-state index contributed by atoms with van der Waals surface area (Å²) in [6, 6.07) is 13.6. The number of carbonyl (C=O) groups excluding carboxylic acids is 1. The Morgan fingerprint density at radius 1 is 1.13 bits per heavy atom. The maximum absolute atomic E-state index is 13.3. The molecule has 3 rings (SSSR count). The summed E-state index contributed by atoms with van der Waals surface area (Å²) < 4.78 is 27.8. The molecular weight excluding hydrogens is 432 g/mol. The van der Waals surface area contributed by atoms with E-state index >= 15 is 0 Å². The third-order valence-corrected chi connectivity index (χ3v) is 7.42. The number of nitrogens with one attached hydrogen (secondary N) is 1. The van der Waals surface area contributed by atoms with E-state index in [9.17, 15) is 13.2 Å². The quantitative estimate of drug-likeness (QED) is 0.544. The van der Waals surface area contributed by atoms with E-state index in [1.54, 1.807) is 0 Å². The first kappa shape index (κ1) is 23.5. The Hall–Kier alpha value is -2.15. The standard InChI is InChI=1S/C24H29ClN2O3S/c1-19-6-5-9-21(16-19)17-27(31(29,30)23-12-10-22(25)11-13-23)18-24(28)26-15-14-20-7-3-2-4-8-20/h5-7,9-13,16H,2-4,8,14-15,17-18H2,1H3,(H,26,28). The summed E-state index contributed by atoms with van der Waals surface area (Å²) in [6.45, 7) is 2.35. The Kier molecular flexibility index (Phi) is 8.29. The molecule has 5 nitrogen and oxygen atoms in total. The lowest BCUT2D eigenvalue weighted by Gasteiger charge is -2.22. The summed E-state index contributed by atoms with van der Waals surface area (Å²) in [5.74, 6) is -0.304. The number of nitrogens with zero attached hydrogens (tertiary/aromatic N) is 1. The van der Waals surface area contributed by atoms with E-state index in [0.29, 0.717) is 11.6 Å². The van der Waals surface area contributed by atoms with Gasteiger partial charge in [0.1, 0.15) is 0 Å². The Bertz CT molecular complexity index is 1030. The highest BCUT2D eigenvalue weighted by molar-refractivity contribution is 7.89. The predicted octanol–water partition coefficient (Wildman–Crippen LogP) is 4.85. The topological polar surface area (TPSA) is 66.5 Å². The number of carbonyl (C=O) groups is 1. The van der Waals surface area contributed by atoms with E-state index in [1.165, 1.54) is 47.0 Å². The molecule has 7 heteroatoms. The van der Waals surface area contributed by atoms with Gasteiger partial charge in [-0.05, 0) is 68.9 Å². The van der Waals surface area contributed by atoms with Crippen LogP contribution in [0.25, 0.3) is 0 Å². The molecule has 0 fully saturated rings. The molecule has 0 radical (unpaired) electrons. The van der Waals surface area contributed by atoms with Gasteiger partial charge in [-0.1, -0.05) is 53.1 Å². The maximum Gasteiger partial charge on any atom is 0.243 e. The predicted molar refractivity (Wildman–Crippen MR) is 124 cm³/mol. The fourth-order valence-electron chi connectivity index (χ4n) is 3.71. The van der Waals surface area contributed by atoms with Gasteiger partial charge in [-0.3, -0.25) is 4.79 Å². The molecule has 0 saturated heterocycles. The van der Waals surface area contributed by atoms with Crippen LogP contribution in [0.15, 0.2) is 65.1 Å². The van der Waals surface area contributed by atoms with Gasteiger partial charge in [-0.2, -0.15) is 4.31 Å². The lowest BCUT2D eigenvalue weighted by atomic mass is 9.97. The van der Waals surface area contributed by atoms with E-state index < -0.39 is 10.0 Å². The fraction of sp³-hybridized carbons (Fsp3) is 0.375. The fourth-order valence-corrected chi connectivity index (χ4v) is 5.22. The first-order chi connectivity index (χ1) is 14.8. The van der Waals surface area contributed by atoms with Crippen molar-refractivity contribution in [3.63, 3.8) is 0 Å². The molecule has 0 bridgehead atoms. The number of benzene rings is 2. The van der Waals surface area contributed by atoms with Crippen molar-refractivity contribution in [3.8, 4) is 0 Å². The molecule has 1 aliphatic rings. The first-order valence-electron chi connectivity index (χ1n) is 10.6. The number of sulfonamides is 1. The largest absolute Gasteiger partial charge is 0.355 e. The van der Waals surface area contributed by atoms with Crippen LogP contribution in [0.4, 0.5) is 0 Å². The summed E-state index contributed by atoms with van der Waals surface area (Å²) in [7, 11) is -3.87. The molecule has 1 amide bonds. The Morgan fingerprint density at radius 3 is 2.58 bits per heavy atom. The Labute approximate surface area is 190 Å². The number of allylic oxidation sites excluding steroid dienone is 1. The van der Waals surface area contributed by atoms with Crippen molar-refractivity contribution < 1.29 is 13.2 Å². The lowest BCUT2D eigenvalue weighted by molar-refractivity contribution is -0.121. The van der Waals surface area contributed by atoms with Gasteiger partial charge in [0.15, 0.2) is 0 Å². The normalized spacial score (nSPS) is 14.4. The molecule has 0 heterocycles. The van der Waals surface area contributed by atoms with Gasteiger partial charge >= 0.3 is 0 Å². The smallest absolute Gasteiger partial charge is 0.243 e. The number of aryl methyl sites for hydroxylation is 1. The van der Waals surface area contributed by atoms with Crippen molar-refractivity contribution in [3.05, 3.63) is 76.3 Å². The minimum atomic E-state index is -3.87. The molecule has 31 heavy (non-hydrogen) atoms. The van der Waals surface area contributed by atoms with Gasteiger partial charge in [0.2, 0.25) is 15.9 Å². The minimum absolute atomic E-state index is 0.115. The van der Waals surface area contributed by atoms with Crippen LogP contribution in [0.5, 0.6) is 0 Å². The van der Waals surface area contributed by atoms with Crippen LogP contribution in [-0.4, -0.2) is 31.7 Å². The molecule has 0 aliphatic heterocycles. The third-order valence-electron chi connectivity index (χ3n) is 5.37. The summed E-state index contributed by atoms with van der Waals surface area (Å²) in [5.41, 5.74) is 3.24. The molecule has 0 saturated carbocycles. The first-order valence-corrected chi connectivity index (χ1v) is 12.4. The zero-order chi connectivity index (χ0) is 22.3. The van der Waals surface area contributed by atoms with E-state index in [4.69, 9.17) is 11.6 Å². The zero-order valence-electron chi connectivity index (χ0n) is 17.8.